The Hall–Kier alpha value is -0.570. The molecular weight excluding hydrogens is 289 g/mol. The number of benzene rings is 1. The van der Waals surface area contributed by atoms with Gasteiger partial charge in [-0.2, -0.15) is 9.61 Å². The van der Waals surface area contributed by atoms with Crippen molar-refractivity contribution in [2.45, 2.75) is 19.4 Å². The first-order chi connectivity index (χ1) is 7.51. The molecule has 0 fully saturated rings. The summed E-state index contributed by atoms with van der Waals surface area (Å²) < 4.78 is 13.0. The summed E-state index contributed by atoms with van der Waals surface area (Å²) in [5.41, 5.74) is 0.688. The highest BCUT2D eigenvalue weighted by molar-refractivity contribution is 9.11. The molecule has 3 rings (SSSR count). The molecule has 1 unspecified atom stereocenters. The molecule has 16 heavy (non-hydrogen) atoms. The second-order valence-electron chi connectivity index (χ2n) is 4.37. The van der Waals surface area contributed by atoms with E-state index in [9.17, 15) is 0 Å². The predicted molar refractivity (Wildman–Crippen MR) is 69.8 cm³/mol. The maximum absolute atomic E-state index is 6.03. The van der Waals surface area contributed by atoms with Crippen LogP contribution < -0.4 is 9.61 Å². The number of anilines is 1. The van der Waals surface area contributed by atoms with E-state index in [0.717, 1.165) is 15.9 Å². The van der Waals surface area contributed by atoms with Crippen molar-refractivity contribution >= 4 is 29.5 Å². The highest BCUT2D eigenvalue weighted by Crippen LogP contribution is 2.73. The quantitative estimate of drug-likeness (QED) is 0.725. The summed E-state index contributed by atoms with van der Waals surface area (Å²) in [6.45, 7) is 4.05. The fourth-order valence-corrected chi connectivity index (χ4v) is 5.46. The van der Waals surface area contributed by atoms with Crippen molar-refractivity contribution in [1.82, 2.24) is 0 Å². The van der Waals surface area contributed by atoms with E-state index in [2.05, 4.69) is 21.0 Å². The van der Waals surface area contributed by atoms with E-state index in [-0.39, 0.29) is 5.60 Å². The van der Waals surface area contributed by atoms with Gasteiger partial charge >= 0.3 is 7.87 Å². The van der Waals surface area contributed by atoms with Crippen LogP contribution >= 0.6 is 23.8 Å². The summed E-state index contributed by atoms with van der Waals surface area (Å²) in [6.07, 6.45) is 0. The Balaban J connectivity index is 1.98. The Kier molecular flexibility index (Phi) is 2.13. The fraction of sp³-hybridized carbons (Fsp3) is 0.273. The first-order valence-corrected chi connectivity index (χ1v) is 7.55. The van der Waals surface area contributed by atoms with Crippen molar-refractivity contribution in [3.63, 3.8) is 0 Å². The van der Waals surface area contributed by atoms with Crippen LogP contribution in [0.25, 0.3) is 0 Å². The van der Waals surface area contributed by atoms with Crippen LogP contribution in [0.5, 0.6) is 5.75 Å². The summed E-state index contributed by atoms with van der Waals surface area (Å²) in [7, 11) is -2.12. The Morgan fingerprint density at radius 1 is 1.31 bits per heavy atom. The molecule has 5 heteroatoms. The molecule has 2 aliphatic heterocycles. The van der Waals surface area contributed by atoms with Gasteiger partial charge in [-0.1, -0.05) is 12.1 Å². The van der Waals surface area contributed by atoms with Gasteiger partial charge in [-0.05, 0) is 41.9 Å². The van der Waals surface area contributed by atoms with Crippen LogP contribution in [-0.4, -0.2) is 5.60 Å². The van der Waals surface area contributed by atoms with Crippen LogP contribution in [0.3, 0.4) is 0 Å². The van der Waals surface area contributed by atoms with Crippen molar-refractivity contribution in [2.75, 3.05) is 5.09 Å². The molecule has 1 N–H and O–H groups in total. The molecule has 0 bridgehead atoms. The molecule has 0 saturated heterocycles. The molecule has 1 atom stereocenters. The van der Waals surface area contributed by atoms with Crippen molar-refractivity contribution in [1.29, 1.82) is 0 Å². The van der Waals surface area contributed by atoms with Gasteiger partial charge in [-0.15, -0.1) is 0 Å². The number of nitrogens with one attached hydrogen (secondary N) is 1. The number of hydrogen-bond acceptors (Lipinski definition) is 3. The molecule has 0 saturated carbocycles. The third kappa shape index (κ3) is 1.48. The van der Waals surface area contributed by atoms with Crippen LogP contribution in [0.4, 0.5) is 5.69 Å². The number of rotatable bonds is 0. The largest absolute Gasteiger partial charge is 0.446 e. The van der Waals surface area contributed by atoms with Gasteiger partial charge in [0.2, 0.25) is 5.75 Å². The van der Waals surface area contributed by atoms with Crippen molar-refractivity contribution in [3.8, 4) is 5.75 Å². The summed E-state index contributed by atoms with van der Waals surface area (Å²) in [4.78, 5) is 0. The number of fused-ring (bicyclic) bond motifs is 1. The van der Waals surface area contributed by atoms with E-state index in [4.69, 9.17) is 9.05 Å². The van der Waals surface area contributed by atoms with Gasteiger partial charge in [-0.3, -0.25) is 4.52 Å². The first kappa shape index (κ1) is 10.6. The Bertz CT molecular complexity index is 462. The molecule has 0 amide bonds. The molecular formula is C11H12BrNO2P+. The predicted octanol–water partition coefficient (Wildman–Crippen LogP) is 4.30. The summed E-state index contributed by atoms with van der Waals surface area (Å²) in [5.74, 6) is 2.90. The molecule has 1 aromatic carbocycles. The van der Waals surface area contributed by atoms with Gasteiger partial charge in [0.1, 0.15) is 11.3 Å². The zero-order chi connectivity index (χ0) is 11.4. The monoisotopic (exact) mass is 300 g/mol. The van der Waals surface area contributed by atoms with E-state index in [0.29, 0.717) is 0 Å². The average molecular weight is 301 g/mol. The van der Waals surface area contributed by atoms with Gasteiger partial charge in [-0.25, -0.2) is 0 Å². The van der Waals surface area contributed by atoms with Crippen molar-refractivity contribution in [2.24, 2.45) is 0 Å². The third-order valence-corrected chi connectivity index (χ3v) is 6.50. The van der Waals surface area contributed by atoms with Crippen molar-refractivity contribution < 1.29 is 9.05 Å². The van der Waals surface area contributed by atoms with Crippen LogP contribution in [0.1, 0.15) is 13.8 Å². The minimum atomic E-state index is -2.12. The van der Waals surface area contributed by atoms with Crippen molar-refractivity contribution in [3.05, 3.63) is 34.6 Å². The molecule has 0 aliphatic carbocycles. The Morgan fingerprint density at radius 3 is 2.69 bits per heavy atom. The summed E-state index contributed by atoms with van der Waals surface area (Å²) in [6, 6.07) is 7.90. The molecule has 84 valence electrons. The lowest BCUT2D eigenvalue weighted by molar-refractivity contribution is 0.170. The molecule has 0 aromatic heterocycles. The maximum atomic E-state index is 6.03. The van der Waals surface area contributed by atoms with Gasteiger partial charge in [0.05, 0.1) is 4.48 Å². The highest BCUT2D eigenvalue weighted by Gasteiger charge is 2.59. The molecule has 1 spiro atoms. The summed E-state index contributed by atoms with van der Waals surface area (Å²) in [5, 5.41) is 3.36. The van der Waals surface area contributed by atoms with E-state index in [1.807, 2.05) is 43.9 Å². The molecule has 0 radical (unpaired) electrons. The minimum Gasteiger partial charge on any atom is -0.287 e. The zero-order valence-electron chi connectivity index (χ0n) is 9.03. The van der Waals surface area contributed by atoms with Crippen LogP contribution in [0, 0.1) is 0 Å². The van der Waals surface area contributed by atoms with Gasteiger partial charge < -0.3 is 0 Å². The fourth-order valence-electron chi connectivity index (χ4n) is 1.79. The van der Waals surface area contributed by atoms with Crippen LogP contribution in [0.2, 0.25) is 0 Å². The molecule has 3 nitrogen and oxygen atoms in total. The lowest BCUT2D eigenvalue weighted by Gasteiger charge is -2.17. The SMILES string of the molecule is CC1(C)O[P+]2(C=C1Br)Nc1ccccc1O2. The maximum Gasteiger partial charge on any atom is 0.446 e. The number of hydrogen-bond donors (Lipinski definition) is 1. The van der Waals surface area contributed by atoms with Gasteiger partial charge in [0.15, 0.2) is 5.82 Å². The average Bonchev–Trinajstić information content (AvgIpc) is 2.63. The summed E-state index contributed by atoms with van der Waals surface area (Å²) >= 11 is 3.53. The second kappa shape index (κ2) is 3.22. The molecule has 2 heterocycles. The number of para-hydroxylation sites is 2. The van der Waals surface area contributed by atoms with E-state index < -0.39 is 7.87 Å². The van der Waals surface area contributed by atoms with E-state index >= 15 is 0 Å². The minimum absolute atomic E-state index is 0.317. The first-order valence-electron chi connectivity index (χ1n) is 5.06. The smallest absolute Gasteiger partial charge is 0.287 e. The van der Waals surface area contributed by atoms with E-state index in [1.165, 1.54) is 0 Å². The normalized spacial score (nSPS) is 29.6. The molecule has 1 aromatic rings. The van der Waals surface area contributed by atoms with Crippen LogP contribution in [0.15, 0.2) is 34.6 Å². The second-order valence-corrected chi connectivity index (χ2v) is 7.27. The third-order valence-electron chi connectivity index (χ3n) is 2.62. The Labute approximate surface area is 104 Å². The lowest BCUT2D eigenvalue weighted by atomic mass is 10.1. The van der Waals surface area contributed by atoms with Gasteiger partial charge in [0, 0.05) is 0 Å². The van der Waals surface area contributed by atoms with Crippen LogP contribution in [-0.2, 0) is 4.52 Å². The number of halogens is 1. The topological polar surface area (TPSA) is 30.5 Å². The zero-order valence-corrected chi connectivity index (χ0v) is 11.5. The molecule has 2 aliphatic rings. The van der Waals surface area contributed by atoms with E-state index in [1.54, 1.807) is 0 Å². The standard InChI is InChI=1S/C11H12BrNO2P/c1-11(2)10(12)7-16(15-11)13-8-5-3-4-6-9(8)14-16/h3-7,13H,1-2H3/q+1. The lowest BCUT2D eigenvalue weighted by Crippen LogP contribution is -2.20. The van der Waals surface area contributed by atoms with Gasteiger partial charge in [0.25, 0.3) is 0 Å². The Morgan fingerprint density at radius 2 is 2.06 bits per heavy atom. The highest BCUT2D eigenvalue weighted by atomic mass is 79.9.